The largest absolute Gasteiger partial charge is 0.381 e. The summed E-state index contributed by atoms with van der Waals surface area (Å²) in [6.07, 6.45) is 6.04. The molecular formula is C17H16N4O2. The quantitative estimate of drug-likeness (QED) is 0.779. The predicted octanol–water partition coefficient (Wildman–Crippen LogP) is 2.60. The number of hydrogen-bond acceptors (Lipinski definition) is 4. The number of carbonyl (C=O) groups excluding carboxylic acids is 1. The Bertz CT molecular complexity index is 838. The topological polar surface area (TPSA) is 79.9 Å². The molecule has 3 aromatic heterocycles. The fraction of sp³-hybridized carbons (Fsp3) is 0.235. The van der Waals surface area contributed by atoms with Crippen LogP contribution in [0.3, 0.4) is 0 Å². The first-order valence-corrected chi connectivity index (χ1v) is 7.57. The number of nitrogens with zero attached hydrogens (tertiary/aromatic N) is 2. The van der Waals surface area contributed by atoms with Crippen LogP contribution in [0.1, 0.15) is 6.42 Å². The first kappa shape index (κ1) is 13.9. The van der Waals surface area contributed by atoms with Crippen LogP contribution < -0.4 is 5.32 Å². The van der Waals surface area contributed by atoms with Gasteiger partial charge in [0.2, 0.25) is 5.91 Å². The summed E-state index contributed by atoms with van der Waals surface area (Å²) in [5.74, 6) is 0.441. The average Bonchev–Trinajstić information content (AvgIpc) is 3.25. The number of anilines is 1. The number of hydrogen-bond donors (Lipinski definition) is 2. The van der Waals surface area contributed by atoms with Crippen molar-refractivity contribution in [3.8, 4) is 11.3 Å². The second-order valence-corrected chi connectivity index (χ2v) is 5.63. The Morgan fingerprint density at radius 3 is 2.96 bits per heavy atom. The lowest BCUT2D eigenvalue weighted by Gasteiger charge is -2.08. The van der Waals surface area contributed by atoms with E-state index in [9.17, 15) is 4.79 Å². The zero-order valence-corrected chi connectivity index (χ0v) is 12.5. The number of fused-ring (bicyclic) bond motifs is 1. The summed E-state index contributed by atoms with van der Waals surface area (Å²) in [5.41, 5.74) is 2.99. The van der Waals surface area contributed by atoms with Gasteiger partial charge in [0.1, 0.15) is 5.82 Å². The molecule has 1 aliphatic rings. The van der Waals surface area contributed by atoms with Gasteiger partial charge < -0.3 is 15.0 Å². The summed E-state index contributed by atoms with van der Waals surface area (Å²) < 4.78 is 5.25. The molecule has 4 rings (SSSR count). The van der Waals surface area contributed by atoms with Crippen molar-refractivity contribution in [2.75, 3.05) is 18.5 Å². The highest BCUT2D eigenvalue weighted by atomic mass is 16.5. The summed E-state index contributed by atoms with van der Waals surface area (Å²) >= 11 is 0. The van der Waals surface area contributed by atoms with E-state index in [2.05, 4.69) is 20.3 Å². The Kier molecular flexibility index (Phi) is 3.51. The maximum atomic E-state index is 12.1. The second-order valence-electron chi connectivity index (χ2n) is 5.63. The van der Waals surface area contributed by atoms with E-state index in [1.165, 1.54) is 0 Å². The van der Waals surface area contributed by atoms with Crippen LogP contribution in [-0.4, -0.2) is 34.1 Å². The molecule has 6 heteroatoms. The summed E-state index contributed by atoms with van der Waals surface area (Å²) in [5, 5.41) is 3.86. The fourth-order valence-electron chi connectivity index (χ4n) is 2.75. The van der Waals surface area contributed by atoms with Crippen molar-refractivity contribution in [1.29, 1.82) is 0 Å². The summed E-state index contributed by atoms with van der Waals surface area (Å²) in [7, 11) is 0. The van der Waals surface area contributed by atoms with E-state index >= 15 is 0 Å². The maximum absolute atomic E-state index is 12.1. The number of rotatable bonds is 3. The third-order valence-corrected chi connectivity index (χ3v) is 4.05. The van der Waals surface area contributed by atoms with Gasteiger partial charge in [0, 0.05) is 47.9 Å². The van der Waals surface area contributed by atoms with Crippen LogP contribution in [0.15, 0.2) is 42.9 Å². The number of amides is 1. The Balaban J connectivity index is 1.59. The van der Waals surface area contributed by atoms with Crippen LogP contribution in [0.25, 0.3) is 22.2 Å². The Morgan fingerprint density at radius 2 is 2.17 bits per heavy atom. The molecule has 3 aromatic rings. The van der Waals surface area contributed by atoms with E-state index < -0.39 is 0 Å². The van der Waals surface area contributed by atoms with E-state index in [4.69, 9.17) is 4.74 Å². The van der Waals surface area contributed by atoms with Crippen LogP contribution in [0, 0.1) is 5.92 Å². The highest BCUT2D eigenvalue weighted by molar-refractivity contribution is 5.94. The van der Waals surface area contributed by atoms with E-state index in [1.807, 2.05) is 24.3 Å². The van der Waals surface area contributed by atoms with Crippen molar-refractivity contribution in [3.05, 3.63) is 42.9 Å². The smallest absolute Gasteiger partial charge is 0.231 e. The Hall–Kier alpha value is -2.73. The minimum absolute atomic E-state index is 0.0322. The first-order valence-electron chi connectivity index (χ1n) is 7.57. The number of ether oxygens (including phenoxy) is 1. The van der Waals surface area contributed by atoms with Crippen molar-refractivity contribution in [2.45, 2.75) is 6.42 Å². The van der Waals surface area contributed by atoms with Crippen LogP contribution in [0.5, 0.6) is 0 Å². The third kappa shape index (κ3) is 2.80. The number of H-pyrrole nitrogens is 1. The molecule has 4 heterocycles. The molecule has 116 valence electrons. The van der Waals surface area contributed by atoms with Gasteiger partial charge in [0.05, 0.1) is 18.0 Å². The van der Waals surface area contributed by atoms with Crippen LogP contribution in [0.2, 0.25) is 0 Å². The number of aromatic nitrogens is 3. The van der Waals surface area contributed by atoms with Gasteiger partial charge in [-0.05, 0) is 24.6 Å². The van der Waals surface area contributed by atoms with Gasteiger partial charge in [-0.1, -0.05) is 0 Å². The summed E-state index contributed by atoms with van der Waals surface area (Å²) in [6, 6.07) is 7.78. The normalized spacial score (nSPS) is 17.5. The number of carbonyl (C=O) groups is 1. The highest BCUT2D eigenvalue weighted by Crippen LogP contribution is 2.25. The van der Waals surface area contributed by atoms with E-state index in [-0.39, 0.29) is 11.8 Å². The minimum Gasteiger partial charge on any atom is -0.381 e. The summed E-state index contributed by atoms with van der Waals surface area (Å²) in [6.45, 7) is 1.14. The molecule has 0 radical (unpaired) electrons. The zero-order chi connectivity index (χ0) is 15.6. The standard InChI is InChI=1S/C17H16N4O2/c22-17(12-3-6-23-10-12)21-16-8-15-13(9-19-16)7-14(20-15)11-1-4-18-5-2-11/h1-2,4-5,7-9,12,20H,3,6,10H2,(H,19,21,22)/t12-/m0/s1. The third-order valence-electron chi connectivity index (χ3n) is 4.05. The lowest BCUT2D eigenvalue weighted by atomic mass is 10.1. The minimum atomic E-state index is -0.0801. The van der Waals surface area contributed by atoms with E-state index in [0.717, 1.165) is 28.6 Å². The van der Waals surface area contributed by atoms with E-state index in [1.54, 1.807) is 18.6 Å². The number of pyridine rings is 2. The van der Waals surface area contributed by atoms with Crippen molar-refractivity contribution < 1.29 is 9.53 Å². The molecule has 23 heavy (non-hydrogen) atoms. The predicted molar refractivity (Wildman–Crippen MR) is 86.9 cm³/mol. The van der Waals surface area contributed by atoms with Gasteiger partial charge >= 0.3 is 0 Å². The molecule has 1 amide bonds. The van der Waals surface area contributed by atoms with Crippen LogP contribution in [0.4, 0.5) is 5.82 Å². The second kappa shape index (κ2) is 5.81. The SMILES string of the molecule is O=C(Nc1cc2[nH]c(-c3ccncc3)cc2cn1)[C@H]1CCOC1. The molecule has 1 saturated heterocycles. The number of nitrogens with one attached hydrogen (secondary N) is 2. The maximum Gasteiger partial charge on any atom is 0.231 e. The molecular weight excluding hydrogens is 292 g/mol. The van der Waals surface area contributed by atoms with E-state index in [0.29, 0.717) is 19.0 Å². The molecule has 0 bridgehead atoms. The van der Waals surface area contributed by atoms with Gasteiger partial charge in [0.25, 0.3) is 0 Å². The van der Waals surface area contributed by atoms with Crippen LogP contribution >= 0.6 is 0 Å². The molecule has 0 unspecified atom stereocenters. The molecule has 0 aliphatic carbocycles. The summed E-state index contributed by atoms with van der Waals surface area (Å²) in [4.78, 5) is 23.8. The Labute approximate surface area is 132 Å². The van der Waals surface area contributed by atoms with Gasteiger partial charge in [-0.2, -0.15) is 0 Å². The first-order chi connectivity index (χ1) is 11.3. The van der Waals surface area contributed by atoms with Gasteiger partial charge in [0.15, 0.2) is 0 Å². The molecule has 1 fully saturated rings. The molecule has 2 N–H and O–H groups in total. The molecule has 0 aromatic carbocycles. The van der Waals surface area contributed by atoms with Gasteiger partial charge in [-0.3, -0.25) is 9.78 Å². The monoisotopic (exact) mass is 308 g/mol. The van der Waals surface area contributed by atoms with Crippen molar-refractivity contribution >= 4 is 22.6 Å². The van der Waals surface area contributed by atoms with Crippen molar-refractivity contribution in [1.82, 2.24) is 15.0 Å². The highest BCUT2D eigenvalue weighted by Gasteiger charge is 2.23. The Morgan fingerprint density at radius 1 is 1.30 bits per heavy atom. The average molecular weight is 308 g/mol. The molecule has 0 spiro atoms. The molecule has 0 saturated carbocycles. The van der Waals surface area contributed by atoms with Gasteiger partial charge in [-0.15, -0.1) is 0 Å². The fourth-order valence-corrected chi connectivity index (χ4v) is 2.75. The van der Waals surface area contributed by atoms with Crippen molar-refractivity contribution in [2.24, 2.45) is 5.92 Å². The van der Waals surface area contributed by atoms with Crippen molar-refractivity contribution in [3.63, 3.8) is 0 Å². The molecule has 1 aliphatic heterocycles. The molecule has 6 nitrogen and oxygen atoms in total. The zero-order valence-electron chi connectivity index (χ0n) is 12.5. The van der Waals surface area contributed by atoms with Gasteiger partial charge in [-0.25, -0.2) is 4.98 Å². The van der Waals surface area contributed by atoms with Crippen LogP contribution in [-0.2, 0) is 9.53 Å². The molecule has 1 atom stereocenters. The lowest BCUT2D eigenvalue weighted by Crippen LogP contribution is -2.23. The lowest BCUT2D eigenvalue weighted by molar-refractivity contribution is -0.119. The number of aromatic amines is 1.